The topological polar surface area (TPSA) is 102 Å². The molecule has 39 heavy (non-hydrogen) atoms. The van der Waals surface area contributed by atoms with Crippen molar-refractivity contribution in [3.63, 3.8) is 0 Å². The highest BCUT2D eigenvalue weighted by atomic mass is 16.6. The fourth-order valence-corrected chi connectivity index (χ4v) is 8.59. The molecule has 3 N–H and O–H groups in total. The summed E-state index contributed by atoms with van der Waals surface area (Å²) in [5.74, 6) is -0.752. The van der Waals surface area contributed by atoms with Gasteiger partial charge in [0.2, 0.25) is 0 Å². The molecule has 1 saturated heterocycles. The van der Waals surface area contributed by atoms with Crippen LogP contribution in [0.4, 0.5) is 5.69 Å². The third-order valence-electron chi connectivity index (χ3n) is 9.82. The van der Waals surface area contributed by atoms with Gasteiger partial charge < -0.3 is 25.2 Å². The zero-order valence-electron chi connectivity index (χ0n) is 22.8. The molecular weight excluding hydrogens is 494 g/mol. The molecule has 2 aromatic carbocycles. The van der Waals surface area contributed by atoms with E-state index in [-0.39, 0.29) is 25.1 Å². The number of rotatable bonds is 6. The van der Waals surface area contributed by atoms with Gasteiger partial charge in [-0.2, -0.15) is 0 Å². The molecule has 4 aliphatic rings. The lowest BCUT2D eigenvalue weighted by molar-refractivity contribution is -0.216. The van der Waals surface area contributed by atoms with Crippen LogP contribution < -0.4 is 10.2 Å². The van der Waals surface area contributed by atoms with Crippen LogP contribution in [-0.2, 0) is 21.6 Å². The number of carbonyl (C=O) groups is 2. The highest BCUT2D eigenvalue weighted by Crippen LogP contribution is 2.67. The first kappa shape index (κ1) is 26.0. The first-order valence-electron chi connectivity index (χ1n) is 13.8. The van der Waals surface area contributed by atoms with E-state index >= 15 is 0 Å². The Labute approximate surface area is 229 Å². The predicted octanol–water partition coefficient (Wildman–Crippen LogP) is 2.38. The number of hydrogen-bond donors (Lipinski definition) is 3. The van der Waals surface area contributed by atoms with E-state index in [9.17, 15) is 19.8 Å². The molecule has 6 rings (SSSR count). The Hall–Kier alpha value is -3.20. The normalized spacial score (nSPS) is 34.3. The van der Waals surface area contributed by atoms with Crippen molar-refractivity contribution < 1.29 is 24.5 Å². The molecule has 0 radical (unpaired) electrons. The number of benzene rings is 2. The molecule has 1 aliphatic carbocycles. The third-order valence-corrected chi connectivity index (χ3v) is 9.82. The van der Waals surface area contributed by atoms with Crippen LogP contribution in [0.2, 0.25) is 0 Å². The number of ether oxygens (including phenoxy) is 1. The number of esters is 1. The van der Waals surface area contributed by atoms with Crippen molar-refractivity contribution in [2.24, 2.45) is 5.41 Å². The Morgan fingerprint density at radius 1 is 1.15 bits per heavy atom. The molecule has 0 bridgehead atoms. The van der Waals surface area contributed by atoms with E-state index in [4.69, 9.17) is 4.74 Å². The van der Waals surface area contributed by atoms with Gasteiger partial charge in [-0.05, 0) is 48.7 Å². The molecule has 3 aliphatic heterocycles. The lowest BCUT2D eigenvalue weighted by Gasteiger charge is -2.64. The number of nitrogens with one attached hydrogen (secondary N) is 1. The second-order valence-electron chi connectivity index (χ2n) is 11.6. The fraction of sp³-hybridized carbons (Fsp3) is 0.484. The van der Waals surface area contributed by atoms with E-state index in [1.165, 1.54) is 6.92 Å². The summed E-state index contributed by atoms with van der Waals surface area (Å²) in [5, 5.41) is 25.9. The van der Waals surface area contributed by atoms with Gasteiger partial charge in [0.25, 0.3) is 5.91 Å². The summed E-state index contributed by atoms with van der Waals surface area (Å²) in [6.07, 6.45) is 4.88. The number of likely N-dealkylation sites (N-methyl/N-ethyl adjacent to an activating group) is 1. The Morgan fingerprint density at radius 2 is 1.92 bits per heavy atom. The molecular formula is C31H37N3O5. The fourth-order valence-electron chi connectivity index (χ4n) is 8.59. The van der Waals surface area contributed by atoms with Crippen molar-refractivity contribution in [1.29, 1.82) is 0 Å². The molecule has 2 aromatic rings. The number of nitrogens with zero attached hydrogens (tertiary/aromatic N) is 2. The number of aliphatic hydroxyl groups is 2. The summed E-state index contributed by atoms with van der Waals surface area (Å²) in [6.45, 7) is 4.95. The maximum absolute atomic E-state index is 13.2. The first-order chi connectivity index (χ1) is 18.7. The molecule has 2 fully saturated rings. The van der Waals surface area contributed by atoms with Crippen LogP contribution in [0.15, 0.2) is 60.7 Å². The summed E-state index contributed by atoms with van der Waals surface area (Å²) in [5.41, 5.74) is 0.648. The van der Waals surface area contributed by atoms with Crippen molar-refractivity contribution in [3.05, 3.63) is 77.4 Å². The predicted molar refractivity (Wildman–Crippen MR) is 147 cm³/mol. The Kier molecular flexibility index (Phi) is 6.13. The van der Waals surface area contributed by atoms with Crippen molar-refractivity contribution in [3.8, 4) is 0 Å². The maximum atomic E-state index is 13.2. The van der Waals surface area contributed by atoms with Crippen molar-refractivity contribution in [2.75, 3.05) is 31.6 Å². The average Bonchev–Trinajstić information content (AvgIpc) is 3.46. The largest absolute Gasteiger partial charge is 0.458 e. The number of hydrogen-bond acceptors (Lipinski definition) is 7. The lowest BCUT2D eigenvalue weighted by atomic mass is 9.47. The van der Waals surface area contributed by atoms with Gasteiger partial charge >= 0.3 is 5.97 Å². The van der Waals surface area contributed by atoms with Crippen LogP contribution in [0.3, 0.4) is 0 Å². The smallest absolute Gasteiger partial charge is 0.303 e. The minimum absolute atomic E-state index is 0.0110. The summed E-state index contributed by atoms with van der Waals surface area (Å²) in [7, 11) is 1.97. The number of aliphatic hydroxyl groups excluding tert-OH is 1. The van der Waals surface area contributed by atoms with Gasteiger partial charge in [0.05, 0.1) is 19.2 Å². The van der Waals surface area contributed by atoms with E-state index in [2.05, 4.69) is 40.3 Å². The van der Waals surface area contributed by atoms with Crippen molar-refractivity contribution >= 4 is 17.6 Å². The van der Waals surface area contributed by atoms with E-state index in [0.29, 0.717) is 12.0 Å². The van der Waals surface area contributed by atoms with Gasteiger partial charge in [0, 0.05) is 48.6 Å². The number of fused-ring (bicyclic) bond motifs is 1. The minimum atomic E-state index is -1.62. The molecule has 1 saturated carbocycles. The molecule has 6 atom stereocenters. The molecule has 1 spiro atoms. The Morgan fingerprint density at radius 3 is 2.62 bits per heavy atom. The van der Waals surface area contributed by atoms with E-state index in [0.717, 1.165) is 36.3 Å². The molecule has 3 heterocycles. The van der Waals surface area contributed by atoms with Gasteiger partial charge in [-0.1, -0.05) is 49.4 Å². The quantitative estimate of drug-likeness (QED) is 0.389. The van der Waals surface area contributed by atoms with Gasteiger partial charge in [-0.15, -0.1) is 0 Å². The number of carbonyl (C=O) groups excluding carboxylic acids is 2. The SMILES string of the molecule is CC[C@]12C=CCN3CC[C@@]4(c5ccc(CO)cc5N(C)[C@H]4C(O)(CNC(=O)c4ccccc4)[C@@H]1OC(C)=O)[C@@H]32. The Balaban J connectivity index is 1.55. The number of amides is 1. The first-order valence-corrected chi connectivity index (χ1v) is 13.8. The molecule has 8 heteroatoms. The average molecular weight is 532 g/mol. The molecule has 0 aromatic heterocycles. The number of anilines is 1. The van der Waals surface area contributed by atoms with E-state index in [1.807, 2.05) is 25.2 Å². The second-order valence-corrected chi connectivity index (χ2v) is 11.6. The van der Waals surface area contributed by atoms with Crippen LogP contribution in [-0.4, -0.2) is 77.5 Å². The summed E-state index contributed by atoms with van der Waals surface area (Å²) < 4.78 is 6.15. The van der Waals surface area contributed by atoms with Crippen molar-refractivity contribution in [2.45, 2.75) is 62.5 Å². The maximum Gasteiger partial charge on any atom is 0.303 e. The third kappa shape index (κ3) is 3.47. The zero-order chi connectivity index (χ0) is 27.6. The standard InChI is InChI=1S/C31H37N3O5/c1-4-29-13-8-15-34-16-14-30(26(29)34)23-12-11-21(18-35)17-24(23)33(3)27(30)31(38,28(29)39-20(2)36)19-32-25(37)22-9-6-5-7-10-22/h5-13,17,26-28,35,38H,4,14-16,18-19H2,1-3H3,(H,32,37)/t26-,27+,28+,29+,30+,31?/m0/s1. The molecule has 1 unspecified atom stereocenters. The molecule has 206 valence electrons. The van der Waals surface area contributed by atoms with Gasteiger partial charge in [-0.25, -0.2) is 0 Å². The Bertz CT molecular complexity index is 1330. The van der Waals surface area contributed by atoms with Crippen LogP contribution in [0, 0.1) is 5.41 Å². The minimum Gasteiger partial charge on any atom is -0.458 e. The van der Waals surface area contributed by atoms with Crippen molar-refractivity contribution in [1.82, 2.24) is 10.2 Å². The van der Waals surface area contributed by atoms with Gasteiger partial charge in [0.15, 0.2) is 0 Å². The highest BCUT2D eigenvalue weighted by Gasteiger charge is 2.77. The summed E-state index contributed by atoms with van der Waals surface area (Å²) >= 11 is 0. The highest BCUT2D eigenvalue weighted by molar-refractivity contribution is 5.94. The van der Waals surface area contributed by atoms with Crippen LogP contribution >= 0.6 is 0 Å². The summed E-state index contributed by atoms with van der Waals surface area (Å²) in [4.78, 5) is 30.4. The van der Waals surface area contributed by atoms with Gasteiger partial charge in [0.1, 0.15) is 11.7 Å². The van der Waals surface area contributed by atoms with Crippen LogP contribution in [0.25, 0.3) is 0 Å². The summed E-state index contributed by atoms with van der Waals surface area (Å²) in [6, 6.07) is 14.5. The second kappa shape index (κ2) is 9.18. The van der Waals surface area contributed by atoms with Crippen LogP contribution in [0.5, 0.6) is 0 Å². The van der Waals surface area contributed by atoms with E-state index in [1.54, 1.807) is 24.3 Å². The molecule has 1 amide bonds. The van der Waals surface area contributed by atoms with Crippen LogP contribution in [0.1, 0.15) is 48.2 Å². The molecule has 8 nitrogen and oxygen atoms in total. The lowest BCUT2D eigenvalue weighted by Crippen LogP contribution is -2.81. The van der Waals surface area contributed by atoms with E-state index < -0.39 is 34.5 Å². The zero-order valence-corrected chi connectivity index (χ0v) is 22.8. The monoisotopic (exact) mass is 531 g/mol. The van der Waals surface area contributed by atoms with Gasteiger partial charge in [-0.3, -0.25) is 14.5 Å².